The van der Waals surface area contributed by atoms with Gasteiger partial charge in [-0.2, -0.15) is 0 Å². The molecule has 0 spiro atoms. The van der Waals surface area contributed by atoms with E-state index in [1.54, 1.807) is 0 Å². The van der Waals surface area contributed by atoms with Crippen molar-refractivity contribution in [2.24, 2.45) is 0 Å². The van der Waals surface area contributed by atoms with E-state index in [9.17, 15) is 4.79 Å². The van der Waals surface area contributed by atoms with Crippen molar-refractivity contribution < 1.29 is 28.5 Å². The fraction of sp³-hybridized carbons (Fsp3) is 0.632. The molecule has 5 atom stereocenters. The van der Waals surface area contributed by atoms with Gasteiger partial charge < -0.3 is 29.0 Å². The molecule has 3 aliphatic rings. The van der Waals surface area contributed by atoms with Gasteiger partial charge in [0.05, 0.1) is 0 Å². The molecule has 0 unspecified atom stereocenters. The molecule has 3 aliphatic heterocycles. The van der Waals surface area contributed by atoms with Crippen LogP contribution in [0.5, 0.6) is 0 Å². The molecule has 3 saturated heterocycles. The van der Waals surface area contributed by atoms with Crippen LogP contribution in [0, 0.1) is 6.92 Å². The summed E-state index contributed by atoms with van der Waals surface area (Å²) in [4.78, 5) is 13.0. The number of para-hydroxylation sites is 1. The molecule has 3 fully saturated rings. The molecule has 1 N–H and O–H groups in total. The van der Waals surface area contributed by atoms with Crippen molar-refractivity contribution in [3.63, 3.8) is 0 Å². The van der Waals surface area contributed by atoms with E-state index in [0.717, 1.165) is 11.3 Å². The summed E-state index contributed by atoms with van der Waals surface area (Å²) in [5.74, 6) is -1.93. The summed E-state index contributed by atoms with van der Waals surface area (Å²) < 4.78 is 29.7. The summed E-state index contributed by atoms with van der Waals surface area (Å²) in [6.07, 6.45) is -3.01. The van der Waals surface area contributed by atoms with Crippen LogP contribution in [0.4, 0.5) is 5.69 Å². The molecule has 0 radical (unpaired) electrons. The Labute approximate surface area is 152 Å². The van der Waals surface area contributed by atoms with E-state index in [4.69, 9.17) is 23.7 Å². The quantitative estimate of drug-likeness (QED) is 0.869. The molecule has 142 valence electrons. The zero-order valence-corrected chi connectivity index (χ0v) is 15.6. The second-order valence-electron chi connectivity index (χ2n) is 7.89. The maximum Gasteiger partial charge on any atom is 0.256 e. The molecule has 7 nitrogen and oxygen atoms in total. The number of carbonyl (C=O) groups is 1. The van der Waals surface area contributed by atoms with Crippen LogP contribution in [-0.4, -0.2) is 48.2 Å². The maximum atomic E-state index is 13.0. The first-order valence-corrected chi connectivity index (χ1v) is 8.88. The average molecular weight is 363 g/mol. The summed E-state index contributed by atoms with van der Waals surface area (Å²) in [5, 5.41) is 2.92. The first-order chi connectivity index (χ1) is 12.2. The SMILES string of the molecule is Cc1ccccc1NC(=O)[C@@H]1O[C@@H]2OC(C)(C)O[C@@H]2[C@@H]2OC(C)(C)O[C@H]21. The van der Waals surface area contributed by atoms with Gasteiger partial charge in [0.1, 0.15) is 18.3 Å². The van der Waals surface area contributed by atoms with Crippen LogP contribution in [0.2, 0.25) is 0 Å². The van der Waals surface area contributed by atoms with Gasteiger partial charge in [0, 0.05) is 5.69 Å². The topological polar surface area (TPSA) is 75.3 Å². The molecule has 0 saturated carbocycles. The van der Waals surface area contributed by atoms with Crippen LogP contribution >= 0.6 is 0 Å². The van der Waals surface area contributed by atoms with E-state index in [2.05, 4.69) is 5.32 Å². The second kappa shape index (κ2) is 6.00. The Bertz CT molecular complexity index is 718. The number of hydrogen-bond donors (Lipinski definition) is 1. The van der Waals surface area contributed by atoms with Gasteiger partial charge in [0.2, 0.25) is 0 Å². The second-order valence-corrected chi connectivity index (χ2v) is 7.89. The van der Waals surface area contributed by atoms with Gasteiger partial charge in [-0.05, 0) is 46.2 Å². The molecule has 4 rings (SSSR count). The Morgan fingerprint density at radius 2 is 1.54 bits per heavy atom. The van der Waals surface area contributed by atoms with Crippen LogP contribution in [0.15, 0.2) is 24.3 Å². The molecule has 26 heavy (non-hydrogen) atoms. The number of anilines is 1. The van der Waals surface area contributed by atoms with E-state index in [1.165, 1.54) is 0 Å². The van der Waals surface area contributed by atoms with Gasteiger partial charge in [-0.15, -0.1) is 0 Å². The van der Waals surface area contributed by atoms with Gasteiger partial charge in [-0.3, -0.25) is 4.79 Å². The number of fused-ring (bicyclic) bond motifs is 3. The van der Waals surface area contributed by atoms with Crippen LogP contribution < -0.4 is 5.32 Å². The van der Waals surface area contributed by atoms with Gasteiger partial charge in [-0.25, -0.2) is 0 Å². The Kier molecular flexibility index (Phi) is 4.13. The van der Waals surface area contributed by atoms with Crippen LogP contribution in [0.1, 0.15) is 33.3 Å². The first kappa shape index (κ1) is 17.9. The summed E-state index contributed by atoms with van der Waals surface area (Å²) in [7, 11) is 0. The molecule has 7 heteroatoms. The molecule has 0 aliphatic carbocycles. The molecule has 0 aromatic heterocycles. The molecule has 1 aromatic rings. The fourth-order valence-corrected chi connectivity index (χ4v) is 3.74. The maximum absolute atomic E-state index is 13.0. The Morgan fingerprint density at radius 1 is 0.923 bits per heavy atom. The lowest BCUT2D eigenvalue weighted by Gasteiger charge is -2.36. The van der Waals surface area contributed by atoms with Gasteiger partial charge in [-0.1, -0.05) is 18.2 Å². The highest BCUT2D eigenvalue weighted by atomic mass is 16.9. The molecule has 1 amide bonds. The van der Waals surface area contributed by atoms with Gasteiger partial charge >= 0.3 is 0 Å². The number of benzene rings is 1. The zero-order chi connectivity index (χ0) is 18.7. The van der Waals surface area contributed by atoms with E-state index < -0.39 is 42.3 Å². The summed E-state index contributed by atoms with van der Waals surface area (Å²) in [6.45, 7) is 9.19. The minimum Gasteiger partial charge on any atom is -0.342 e. The predicted octanol–water partition coefficient (Wildman–Crippen LogP) is 2.33. The van der Waals surface area contributed by atoms with E-state index in [0.29, 0.717) is 0 Å². The van der Waals surface area contributed by atoms with Crippen molar-refractivity contribution in [1.82, 2.24) is 0 Å². The standard InChI is InChI=1S/C19H25NO6/c1-10-8-6-7-9-11(10)20-16(21)14-12-13(24-18(2,3)23-12)15-17(22-14)26-19(4,5)25-15/h6-9,12-15,17H,1-5H3,(H,20,21)/t12-,13-,14-,15-,17-/m1/s1. The summed E-state index contributed by atoms with van der Waals surface area (Å²) in [6, 6.07) is 7.58. The lowest BCUT2D eigenvalue weighted by molar-refractivity contribution is -0.229. The summed E-state index contributed by atoms with van der Waals surface area (Å²) in [5.41, 5.74) is 1.71. The predicted molar refractivity (Wildman–Crippen MR) is 92.3 cm³/mol. The lowest BCUT2D eigenvalue weighted by atomic mass is 9.98. The largest absolute Gasteiger partial charge is 0.342 e. The highest BCUT2D eigenvalue weighted by molar-refractivity contribution is 5.95. The fourth-order valence-electron chi connectivity index (χ4n) is 3.74. The highest BCUT2D eigenvalue weighted by Crippen LogP contribution is 2.44. The Balaban J connectivity index is 1.59. The molecule has 1 aromatic carbocycles. The van der Waals surface area contributed by atoms with Crippen molar-refractivity contribution in [2.75, 3.05) is 5.32 Å². The smallest absolute Gasteiger partial charge is 0.256 e. The van der Waals surface area contributed by atoms with Crippen LogP contribution in [-0.2, 0) is 28.5 Å². The number of rotatable bonds is 2. The van der Waals surface area contributed by atoms with Crippen molar-refractivity contribution in [2.45, 2.75) is 76.9 Å². The number of carbonyl (C=O) groups excluding carboxylic acids is 1. The van der Waals surface area contributed by atoms with Crippen molar-refractivity contribution in [3.05, 3.63) is 29.8 Å². The number of ether oxygens (including phenoxy) is 5. The average Bonchev–Trinajstić information content (AvgIpc) is 3.02. The van der Waals surface area contributed by atoms with Crippen molar-refractivity contribution >= 4 is 11.6 Å². The number of aryl methyl sites for hydroxylation is 1. The molecule has 0 bridgehead atoms. The Morgan fingerprint density at radius 3 is 2.27 bits per heavy atom. The third-order valence-corrected chi connectivity index (χ3v) is 4.82. The van der Waals surface area contributed by atoms with Gasteiger partial charge in [0.25, 0.3) is 5.91 Å². The normalized spacial score (nSPS) is 37.0. The van der Waals surface area contributed by atoms with E-state index in [1.807, 2.05) is 58.9 Å². The van der Waals surface area contributed by atoms with Crippen LogP contribution in [0.3, 0.4) is 0 Å². The molecular formula is C19H25NO6. The lowest BCUT2D eigenvalue weighted by Crippen LogP contribution is -2.58. The highest BCUT2D eigenvalue weighted by Gasteiger charge is 2.62. The third-order valence-electron chi connectivity index (χ3n) is 4.82. The number of hydrogen-bond acceptors (Lipinski definition) is 6. The third kappa shape index (κ3) is 3.14. The minimum absolute atomic E-state index is 0.289. The number of amides is 1. The summed E-state index contributed by atoms with van der Waals surface area (Å²) >= 11 is 0. The molecular weight excluding hydrogens is 338 g/mol. The Hall–Kier alpha value is -1.51. The number of nitrogens with one attached hydrogen (secondary N) is 1. The first-order valence-electron chi connectivity index (χ1n) is 8.88. The van der Waals surface area contributed by atoms with E-state index >= 15 is 0 Å². The monoisotopic (exact) mass is 363 g/mol. The van der Waals surface area contributed by atoms with Crippen LogP contribution in [0.25, 0.3) is 0 Å². The van der Waals surface area contributed by atoms with Crippen molar-refractivity contribution in [1.29, 1.82) is 0 Å². The minimum atomic E-state index is -0.861. The molecule has 3 heterocycles. The van der Waals surface area contributed by atoms with E-state index in [-0.39, 0.29) is 5.91 Å². The van der Waals surface area contributed by atoms with Crippen molar-refractivity contribution in [3.8, 4) is 0 Å². The zero-order valence-electron chi connectivity index (χ0n) is 15.6. The van der Waals surface area contributed by atoms with Gasteiger partial charge in [0.15, 0.2) is 24.0 Å².